The minimum atomic E-state index is 0.849. The van der Waals surface area contributed by atoms with Gasteiger partial charge in [-0.3, -0.25) is 0 Å². The van der Waals surface area contributed by atoms with E-state index in [1.54, 1.807) is 11.3 Å². The highest BCUT2D eigenvalue weighted by molar-refractivity contribution is 7.15. The number of allylic oxidation sites excluding steroid dienone is 1. The summed E-state index contributed by atoms with van der Waals surface area (Å²) in [5, 5.41) is 3.13. The van der Waals surface area contributed by atoms with Gasteiger partial charge in [0.15, 0.2) is 0 Å². The number of nitrogens with zero attached hydrogens (tertiary/aromatic N) is 1. The molecule has 88 valence electrons. The molecule has 0 spiro atoms. The monoisotopic (exact) mass is 244 g/mol. The van der Waals surface area contributed by atoms with Crippen molar-refractivity contribution in [2.75, 3.05) is 5.32 Å². The number of pyridine rings is 1. The third-order valence-corrected chi connectivity index (χ3v) is 3.61. The highest BCUT2D eigenvalue weighted by atomic mass is 32.1. The number of anilines is 1. The van der Waals surface area contributed by atoms with E-state index in [9.17, 15) is 0 Å². The third-order valence-electron chi connectivity index (χ3n) is 2.35. The fourth-order valence-electron chi connectivity index (χ4n) is 1.57. The number of rotatable bonds is 4. The van der Waals surface area contributed by atoms with Crippen LogP contribution in [0.1, 0.15) is 18.7 Å². The maximum atomic E-state index is 4.57. The Bertz CT molecular complexity index is 529. The second-order valence-electron chi connectivity index (χ2n) is 3.93. The summed E-state index contributed by atoms with van der Waals surface area (Å²) in [7, 11) is 0. The summed E-state index contributed by atoms with van der Waals surface area (Å²) in [6.07, 6.45) is 1.08. The lowest BCUT2D eigenvalue weighted by Gasteiger charge is -2.05. The molecule has 0 atom stereocenters. The molecule has 0 radical (unpaired) electrons. The molecule has 0 bridgehead atoms. The Morgan fingerprint density at radius 2 is 2.18 bits per heavy atom. The van der Waals surface area contributed by atoms with E-state index in [2.05, 4.69) is 35.9 Å². The van der Waals surface area contributed by atoms with Gasteiger partial charge in [0.25, 0.3) is 0 Å². The quantitative estimate of drug-likeness (QED) is 0.866. The summed E-state index contributed by atoms with van der Waals surface area (Å²) < 4.78 is 0. The maximum Gasteiger partial charge on any atom is 0.130 e. The molecule has 0 saturated carbocycles. The predicted octanol–water partition coefficient (Wildman–Crippen LogP) is 4.32. The third kappa shape index (κ3) is 2.94. The highest BCUT2D eigenvalue weighted by Crippen LogP contribution is 2.27. The summed E-state index contributed by atoms with van der Waals surface area (Å²) in [6, 6.07) is 10.3. The molecular formula is C14H16N2S. The predicted molar refractivity (Wildman–Crippen MR) is 75.4 cm³/mol. The van der Waals surface area contributed by atoms with Gasteiger partial charge in [-0.2, -0.15) is 0 Å². The molecule has 2 rings (SSSR count). The Labute approximate surface area is 106 Å². The van der Waals surface area contributed by atoms with Crippen LogP contribution < -0.4 is 5.32 Å². The zero-order valence-electron chi connectivity index (χ0n) is 10.2. The summed E-state index contributed by atoms with van der Waals surface area (Å²) >= 11 is 1.80. The van der Waals surface area contributed by atoms with E-state index < -0.39 is 0 Å². The zero-order valence-corrected chi connectivity index (χ0v) is 11.0. The van der Waals surface area contributed by atoms with Crippen LogP contribution in [-0.4, -0.2) is 4.98 Å². The van der Waals surface area contributed by atoms with Gasteiger partial charge in [0, 0.05) is 10.6 Å². The van der Waals surface area contributed by atoms with Crippen LogP contribution in [-0.2, 0) is 6.42 Å². The molecular weight excluding hydrogens is 228 g/mol. The van der Waals surface area contributed by atoms with Gasteiger partial charge in [0.2, 0.25) is 0 Å². The second-order valence-corrected chi connectivity index (χ2v) is 5.10. The van der Waals surface area contributed by atoms with Crippen LogP contribution in [0.3, 0.4) is 0 Å². The van der Waals surface area contributed by atoms with E-state index in [-0.39, 0.29) is 0 Å². The van der Waals surface area contributed by atoms with Gasteiger partial charge in [-0.05, 0) is 37.6 Å². The minimum Gasteiger partial charge on any atom is -0.345 e. The molecule has 2 aromatic rings. The first-order valence-corrected chi connectivity index (χ1v) is 6.49. The normalized spacial score (nSPS) is 10.2. The van der Waals surface area contributed by atoms with E-state index in [1.807, 2.05) is 25.1 Å². The minimum absolute atomic E-state index is 0.849. The van der Waals surface area contributed by atoms with Crippen molar-refractivity contribution in [1.29, 1.82) is 0 Å². The van der Waals surface area contributed by atoms with Gasteiger partial charge in [-0.1, -0.05) is 19.6 Å². The molecule has 0 aromatic carbocycles. The molecule has 1 N–H and O–H groups in total. The molecule has 0 amide bonds. The number of thiophene rings is 1. The van der Waals surface area contributed by atoms with Gasteiger partial charge in [-0.15, -0.1) is 11.3 Å². The van der Waals surface area contributed by atoms with E-state index >= 15 is 0 Å². The Morgan fingerprint density at radius 1 is 1.35 bits per heavy atom. The van der Waals surface area contributed by atoms with Crippen LogP contribution in [0.4, 0.5) is 5.82 Å². The first-order valence-electron chi connectivity index (χ1n) is 5.67. The standard InChI is InChI=1S/C14H16N2S/c1-4-11-8-9-13(17-11)12-6-5-7-14(16-12)15-10(2)3/h5-9H,2,4H2,1,3H3,(H,15,16). The lowest BCUT2D eigenvalue weighted by atomic mass is 10.3. The van der Waals surface area contributed by atoms with Crippen LogP contribution in [0.15, 0.2) is 42.6 Å². The SMILES string of the molecule is C=C(C)Nc1cccc(-c2ccc(CC)s2)n1. The Morgan fingerprint density at radius 3 is 2.82 bits per heavy atom. The summed E-state index contributed by atoms with van der Waals surface area (Å²) in [6.45, 7) is 7.92. The molecule has 0 aliphatic carbocycles. The van der Waals surface area contributed by atoms with Crippen molar-refractivity contribution in [3.05, 3.63) is 47.5 Å². The van der Waals surface area contributed by atoms with Gasteiger partial charge in [-0.25, -0.2) is 4.98 Å². The number of hydrogen-bond donors (Lipinski definition) is 1. The van der Waals surface area contributed by atoms with E-state index in [4.69, 9.17) is 0 Å². The van der Waals surface area contributed by atoms with Crippen molar-refractivity contribution in [2.24, 2.45) is 0 Å². The van der Waals surface area contributed by atoms with Crippen LogP contribution in [0.25, 0.3) is 10.6 Å². The Balaban J connectivity index is 2.29. The van der Waals surface area contributed by atoms with Crippen molar-refractivity contribution in [2.45, 2.75) is 20.3 Å². The molecule has 0 aliphatic rings. The average molecular weight is 244 g/mol. The topological polar surface area (TPSA) is 24.9 Å². The average Bonchev–Trinajstić information content (AvgIpc) is 2.77. The summed E-state index contributed by atoms with van der Waals surface area (Å²) in [4.78, 5) is 7.17. The number of aromatic nitrogens is 1. The summed E-state index contributed by atoms with van der Waals surface area (Å²) in [5.74, 6) is 0.849. The van der Waals surface area contributed by atoms with Crippen LogP contribution >= 0.6 is 11.3 Å². The molecule has 2 nitrogen and oxygen atoms in total. The van der Waals surface area contributed by atoms with Crippen molar-refractivity contribution in [3.8, 4) is 10.6 Å². The first kappa shape index (κ1) is 11.9. The van der Waals surface area contributed by atoms with Crippen LogP contribution in [0.5, 0.6) is 0 Å². The number of hydrogen-bond acceptors (Lipinski definition) is 3. The molecule has 3 heteroatoms. The smallest absolute Gasteiger partial charge is 0.130 e. The van der Waals surface area contributed by atoms with Crippen molar-refractivity contribution in [1.82, 2.24) is 4.98 Å². The highest BCUT2D eigenvalue weighted by Gasteiger charge is 2.04. The van der Waals surface area contributed by atoms with Crippen molar-refractivity contribution < 1.29 is 0 Å². The van der Waals surface area contributed by atoms with E-state index in [0.717, 1.165) is 23.6 Å². The lowest BCUT2D eigenvalue weighted by Crippen LogP contribution is -1.96. The van der Waals surface area contributed by atoms with Gasteiger partial charge in [0.1, 0.15) is 5.82 Å². The fraction of sp³-hybridized carbons (Fsp3) is 0.214. The molecule has 0 aliphatic heterocycles. The fourth-order valence-corrected chi connectivity index (χ4v) is 2.48. The molecule has 17 heavy (non-hydrogen) atoms. The largest absolute Gasteiger partial charge is 0.345 e. The zero-order chi connectivity index (χ0) is 12.3. The Hall–Kier alpha value is -1.61. The lowest BCUT2D eigenvalue weighted by molar-refractivity contribution is 1.19. The first-order chi connectivity index (χ1) is 8.19. The van der Waals surface area contributed by atoms with Gasteiger partial charge >= 0.3 is 0 Å². The number of aryl methyl sites for hydroxylation is 1. The van der Waals surface area contributed by atoms with Gasteiger partial charge in [0.05, 0.1) is 10.6 Å². The summed E-state index contributed by atoms with van der Waals surface area (Å²) in [5.41, 5.74) is 1.91. The second kappa shape index (κ2) is 5.15. The molecule has 0 fully saturated rings. The van der Waals surface area contributed by atoms with Crippen LogP contribution in [0, 0.1) is 0 Å². The maximum absolute atomic E-state index is 4.57. The molecule has 2 aromatic heterocycles. The van der Waals surface area contributed by atoms with E-state index in [1.165, 1.54) is 9.75 Å². The van der Waals surface area contributed by atoms with Crippen molar-refractivity contribution >= 4 is 17.2 Å². The molecule has 0 unspecified atom stereocenters. The van der Waals surface area contributed by atoms with E-state index in [0.29, 0.717) is 0 Å². The van der Waals surface area contributed by atoms with Crippen LogP contribution in [0.2, 0.25) is 0 Å². The Kier molecular flexibility index (Phi) is 3.59. The van der Waals surface area contributed by atoms with Crippen molar-refractivity contribution in [3.63, 3.8) is 0 Å². The molecule has 2 heterocycles. The number of nitrogens with one attached hydrogen (secondary N) is 1. The van der Waals surface area contributed by atoms with Gasteiger partial charge < -0.3 is 5.32 Å². The molecule has 0 saturated heterocycles.